The van der Waals surface area contributed by atoms with E-state index in [1.54, 1.807) is 0 Å². The van der Waals surface area contributed by atoms with Gasteiger partial charge in [-0.1, -0.05) is 0 Å². The van der Waals surface area contributed by atoms with E-state index >= 15 is 0 Å². The van der Waals surface area contributed by atoms with Crippen LogP contribution in [0, 0.1) is 0 Å². The van der Waals surface area contributed by atoms with Gasteiger partial charge in [0.1, 0.15) is 5.75 Å². The Bertz CT molecular complexity index is 232. The Morgan fingerprint density at radius 3 is 2.08 bits per heavy atom. The Kier molecular flexibility index (Phi) is 3.52. The highest BCUT2D eigenvalue weighted by Crippen LogP contribution is 2.17. The van der Waals surface area contributed by atoms with E-state index in [0.717, 1.165) is 0 Å². The number of rotatable bonds is 3. The van der Waals surface area contributed by atoms with Gasteiger partial charge in [-0.25, -0.2) is 8.42 Å². The summed E-state index contributed by atoms with van der Waals surface area (Å²) in [6, 6.07) is -0.766. The maximum atomic E-state index is 11.6. The molecule has 2 N–H and O–H groups in total. The van der Waals surface area contributed by atoms with Crippen LogP contribution in [0.5, 0.6) is 0 Å². The van der Waals surface area contributed by atoms with E-state index < -0.39 is 33.6 Å². The Balaban J connectivity index is 4.26. The number of sulfone groups is 1. The van der Waals surface area contributed by atoms with Crippen molar-refractivity contribution in [2.75, 3.05) is 11.5 Å². The molecule has 12 heavy (non-hydrogen) atoms. The van der Waals surface area contributed by atoms with Crippen molar-refractivity contribution in [3.63, 3.8) is 0 Å². The van der Waals surface area contributed by atoms with Crippen LogP contribution >= 0.6 is 0 Å². The van der Waals surface area contributed by atoms with Gasteiger partial charge in [0.05, 0.1) is 5.75 Å². The largest absolute Gasteiger partial charge is 0.402 e. The second kappa shape index (κ2) is 3.61. The van der Waals surface area contributed by atoms with Crippen LogP contribution in [0.3, 0.4) is 0 Å². The van der Waals surface area contributed by atoms with Crippen LogP contribution in [0.1, 0.15) is 6.92 Å². The molecule has 1 unspecified atom stereocenters. The Morgan fingerprint density at radius 2 is 1.83 bits per heavy atom. The predicted octanol–water partition coefficient (Wildman–Crippen LogP) is 0.311. The van der Waals surface area contributed by atoms with E-state index in [9.17, 15) is 21.6 Å². The zero-order chi connectivity index (χ0) is 9.99. The second-order valence-electron chi connectivity index (χ2n) is 2.65. The van der Waals surface area contributed by atoms with Crippen molar-refractivity contribution < 1.29 is 21.6 Å². The topological polar surface area (TPSA) is 60.2 Å². The highest BCUT2D eigenvalue weighted by molar-refractivity contribution is 7.91. The van der Waals surface area contributed by atoms with Gasteiger partial charge in [-0.2, -0.15) is 13.2 Å². The molecule has 0 aliphatic heterocycles. The molecule has 0 aliphatic rings. The minimum Gasteiger partial charge on any atom is -0.327 e. The molecular formula is C5H10F3NO2S. The van der Waals surface area contributed by atoms with Gasteiger partial charge in [-0.15, -0.1) is 0 Å². The number of alkyl halides is 3. The van der Waals surface area contributed by atoms with Gasteiger partial charge in [0, 0.05) is 6.04 Å². The van der Waals surface area contributed by atoms with Crippen LogP contribution in [-0.4, -0.2) is 32.1 Å². The van der Waals surface area contributed by atoms with Gasteiger partial charge in [0.15, 0.2) is 9.84 Å². The molecule has 0 rings (SSSR count). The molecule has 0 radical (unpaired) electrons. The summed E-state index contributed by atoms with van der Waals surface area (Å²) in [6.45, 7) is 1.34. The van der Waals surface area contributed by atoms with Crippen molar-refractivity contribution in [2.24, 2.45) is 5.73 Å². The number of hydrogen-bond acceptors (Lipinski definition) is 3. The van der Waals surface area contributed by atoms with E-state index in [-0.39, 0.29) is 0 Å². The van der Waals surface area contributed by atoms with Gasteiger partial charge >= 0.3 is 6.18 Å². The molecule has 0 aliphatic carbocycles. The summed E-state index contributed by atoms with van der Waals surface area (Å²) in [5.41, 5.74) is 5.05. The number of nitrogens with two attached hydrogens (primary N) is 1. The molecule has 0 aromatic rings. The van der Waals surface area contributed by atoms with E-state index in [4.69, 9.17) is 5.73 Å². The van der Waals surface area contributed by atoms with E-state index in [1.807, 2.05) is 0 Å². The first-order valence-electron chi connectivity index (χ1n) is 3.15. The van der Waals surface area contributed by atoms with Crippen molar-refractivity contribution in [1.82, 2.24) is 0 Å². The highest BCUT2D eigenvalue weighted by atomic mass is 32.2. The first-order chi connectivity index (χ1) is 5.12. The molecule has 1 atom stereocenters. The minimum absolute atomic E-state index is 0.632. The fourth-order valence-electron chi connectivity index (χ4n) is 0.709. The summed E-state index contributed by atoms with van der Waals surface area (Å²) in [5.74, 6) is -2.42. The molecule has 0 saturated carbocycles. The van der Waals surface area contributed by atoms with Crippen molar-refractivity contribution in [3.05, 3.63) is 0 Å². The first-order valence-corrected chi connectivity index (χ1v) is 4.97. The van der Waals surface area contributed by atoms with E-state index in [1.165, 1.54) is 6.92 Å². The van der Waals surface area contributed by atoms with Crippen molar-refractivity contribution in [3.8, 4) is 0 Å². The third-order valence-electron chi connectivity index (χ3n) is 0.900. The maximum Gasteiger partial charge on any atom is 0.402 e. The Hall–Kier alpha value is -0.300. The lowest BCUT2D eigenvalue weighted by molar-refractivity contribution is -0.106. The normalized spacial score (nSPS) is 16.1. The standard InChI is InChI=1S/C5H10F3NO2S/c1-4(9)2-12(10,11)3-5(6,7)8/h4H,2-3,9H2,1H3. The number of hydrogen-bond donors (Lipinski definition) is 1. The molecule has 3 nitrogen and oxygen atoms in total. The lowest BCUT2D eigenvalue weighted by Crippen LogP contribution is -2.32. The lowest BCUT2D eigenvalue weighted by atomic mass is 10.4. The zero-order valence-electron chi connectivity index (χ0n) is 6.43. The second-order valence-corrected chi connectivity index (χ2v) is 4.76. The summed E-state index contributed by atoms with van der Waals surface area (Å²) >= 11 is 0. The summed E-state index contributed by atoms with van der Waals surface area (Å²) < 4.78 is 56.1. The van der Waals surface area contributed by atoms with Crippen LogP contribution in [-0.2, 0) is 9.84 Å². The van der Waals surface area contributed by atoms with Gasteiger partial charge in [-0.05, 0) is 6.92 Å². The van der Waals surface area contributed by atoms with Crippen LogP contribution in [0.25, 0.3) is 0 Å². The summed E-state index contributed by atoms with van der Waals surface area (Å²) in [6.07, 6.45) is -4.67. The monoisotopic (exact) mass is 205 g/mol. The van der Waals surface area contributed by atoms with E-state index in [0.29, 0.717) is 0 Å². The molecular weight excluding hydrogens is 195 g/mol. The summed E-state index contributed by atoms with van der Waals surface area (Å²) in [7, 11) is -4.09. The fourth-order valence-corrected chi connectivity index (χ4v) is 2.13. The molecule has 0 heterocycles. The maximum absolute atomic E-state index is 11.6. The minimum atomic E-state index is -4.67. The SMILES string of the molecule is CC(N)CS(=O)(=O)CC(F)(F)F. The van der Waals surface area contributed by atoms with E-state index in [2.05, 4.69) is 0 Å². The lowest BCUT2D eigenvalue weighted by Gasteiger charge is -2.08. The highest BCUT2D eigenvalue weighted by Gasteiger charge is 2.35. The van der Waals surface area contributed by atoms with Gasteiger partial charge < -0.3 is 5.73 Å². The smallest absolute Gasteiger partial charge is 0.327 e. The average molecular weight is 205 g/mol. The predicted molar refractivity (Wildman–Crippen MR) is 38.4 cm³/mol. The fraction of sp³-hybridized carbons (Fsp3) is 1.00. The Labute approximate surface area is 68.7 Å². The first kappa shape index (κ1) is 11.7. The summed E-state index contributed by atoms with van der Waals surface area (Å²) in [4.78, 5) is 0. The third-order valence-corrected chi connectivity index (χ3v) is 2.70. The Morgan fingerprint density at radius 1 is 1.42 bits per heavy atom. The van der Waals surface area contributed by atoms with Crippen molar-refractivity contribution >= 4 is 9.84 Å². The van der Waals surface area contributed by atoms with Crippen LogP contribution in [0.4, 0.5) is 13.2 Å². The molecule has 74 valence electrons. The van der Waals surface area contributed by atoms with Crippen LogP contribution < -0.4 is 5.73 Å². The molecule has 0 fully saturated rings. The summed E-state index contributed by atoms with van der Waals surface area (Å²) in [5, 5.41) is 0. The molecule has 0 amide bonds. The van der Waals surface area contributed by atoms with Crippen LogP contribution in [0.2, 0.25) is 0 Å². The molecule has 7 heteroatoms. The molecule has 0 spiro atoms. The zero-order valence-corrected chi connectivity index (χ0v) is 7.24. The molecule has 0 bridgehead atoms. The quantitative estimate of drug-likeness (QED) is 0.721. The van der Waals surface area contributed by atoms with Gasteiger partial charge in [0.2, 0.25) is 0 Å². The van der Waals surface area contributed by atoms with Crippen molar-refractivity contribution in [2.45, 2.75) is 19.1 Å². The number of halogens is 3. The molecule has 0 aromatic heterocycles. The van der Waals surface area contributed by atoms with Gasteiger partial charge in [-0.3, -0.25) is 0 Å². The van der Waals surface area contributed by atoms with Crippen molar-refractivity contribution in [1.29, 1.82) is 0 Å². The molecule has 0 aromatic carbocycles. The molecule has 0 saturated heterocycles. The van der Waals surface area contributed by atoms with Gasteiger partial charge in [0.25, 0.3) is 0 Å². The van der Waals surface area contributed by atoms with Crippen LogP contribution in [0.15, 0.2) is 0 Å². The third kappa shape index (κ3) is 6.41. The average Bonchev–Trinajstić information content (AvgIpc) is 1.48.